The first-order valence-electron chi connectivity index (χ1n) is 5.72. The van der Waals surface area contributed by atoms with Crippen molar-refractivity contribution in [1.29, 1.82) is 0 Å². The van der Waals surface area contributed by atoms with Crippen LogP contribution in [0.4, 0.5) is 4.39 Å². The number of benzene rings is 1. The molecule has 3 heteroatoms. The Labute approximate surface area is 102 Å². The Balaban J connectivity index is 2.58. The second-order valence-corrected chi connectivity index (χ2v) is 4.68. The third-order valence-corrected chi connectivity index (χ3v) is 3.44. The van der Waals surface area contributed by atoms with E-state index in [1.54, 1.807) is 18.2 Å². The van der Waals surface area contributed by atoms with E-state index in [-0.39, 0.29) is 10.8 Å². The minimum Gasteiger partial charge on any atom is -0.310 e. The average Bonchev–Trinajstić information content (AvgIpc) is 2.29. The SMILES string of the molecule is CCC(C)C(C)NCc1cccc(Cl)c1F. The number of hydrogen-bond acceptors (Lipinski definition) is 1. The van der Waals surface area contributed by atoms with Crippen molar-refractivity contribution in [2.75, 3.05) is 0 Å². The van der Waals surface area contributed by atoms with Gasteiger partial charge in [-0.2, -0.15) is 0 Å². The van der Waals surface area contributed by atoms with Crippen molar-refractivity contribution in [3.63, 3.8) is 0 Å². The molecule has 0 aliphatic heterocycles. The average molecular weight is 244 g/mol. The molecule has 0 amide bonds. The molecule has 0 aliphatic carbocycles. The van der Waals surface area contributed by atoms with Crippen molar-refractivity contribution < 1.29 is 4.39 Å². The second kappa shape index (κ2) is 6.21. The molecule has 1 rings (SSSR count). The van der Waals surface area contributed by atoms with Crippen LogP contribution in [0, 0.1) is 11.7 Å². The zero-order valence-corrected chi connectivity index (χ0v) is 10.8. The smallest absolute Gasteiger partial charge is 0.146 e. The van der Waals surface area contributed by atoms with Gasteiger partial charge in [0.15, 0.2) is 0 Å². The molecule has 0 radical (unpaired) electrons. The molecule has 0 saturated carbocycles. The minimum atomic E-state index is -0.312. The van der Waals surface area contributed by atoms with Gasteiger partial charge in [-0.15, -0.1) is 0 Å². The van der Waals surface area contributed by atoms with Gasteiger partial charge in [0.1, 0.15) is 5.82 Å². The molecule has 0 fully saturated rings. The summed E-state index contributed by atoms with van der Waals surface area (Å²) in [7, 11) is 0. The summed E-state index contributed by atoms with van der Waals surface area (Å²) in [5.74, 6) is 0.273. The maximum atomic E-state index is 13.6. The molecular formula is C13H19ClFN. The van der Waals surface area contributed by atoms with Gasteiger partial charge in [-0.1, -0.05) is 44.0 Å². The molecule has 0 heterocycles. The van der Waals surface area contributed by atoms with E-state index in [9.17, 15) is 4.39 Å². The highest BCUT2D eigenvalue weighted by Gasteiger charge is 2.11. The lowest BCUT2D eigenvalue weighted by atomic mass is 10.0. The lowest BCUT2D eigenvalue weighted by Gasteiger charge is -2.20. The molecule has 0 bridgehead atoms. The van der Waals surface area contributed by atoms with Gasteiger partial charge < -0.3 is 5.32 Å². The van der Waals surface area contributed by atoms with Crippen LogP contribution < -0.4 is 5.32 Å². The minimum absolute atomic E-state index is 0.190. The van der Waals surface area contributed by atoms with Crippen LogP contribution in [0.1, 0.15) is 32.8 Å². The molecule has 1 nitrogen and oxygen atoms in total. The zero-order valence-electron chi connectivity index (χ0n) is 10.1. The number of rotatable bonds is 5. The van der Waals surface area contributed by atoms with E-state index in [1.165, 1.54) is 0 Å². The molecule has 0 saturated heterocycles. The van der Waals surface area contributed by atoms with Gasteiger partial charge in [0.2, 0.25) is 0 Å². The lowest BCUT2D eigenvalue weighted by Crippen LogP contribution is -2.31. The van der Waals surface area contributed by atoms with E-state index in [4.69, 9.17) is 11.6 Å². The molecule has 16 heavy (non-hydrogen) atoms. The molecule has 1 aromatic rings. The lowest BCUT2D eigenvalue weighted by molar-refractivity contribution is 0.386. The molecule has 1 aromatic carbocycles. The maximum absolute atomic E-state index is 13.6. The molecular weight excluding hydrogens is 225 g/mol. The Morgan fingerprint density at radius 1 is 1.38 bits per heavy atom. The van der Waals surface area contributed by atoms with Crippen molar-refractivity contribution in [2.45, 2.75) is 39.8 Å². The summed E-state index contributed by atoms with van der Waals surface area (Å²) in [4.78, 5) is 0. The van der Waals surface area contributed by atoms with E-state index in [1.807, 2.05) is 0 Å². The maximum Gasteiger partial charge on any atom is 0.146 e. The van der Waals surface area contributed by atoms with Crippen molar-refractivity contribution in [3.05, 3.63) is 34.6 Å². The fourth-order valence-electron chi connectivity index (χ4n) is 1.51. The van der Waals surface area contributed by atoms with E-state index >= 15 is 0 Å². The summed E-state index contributed by atoms with van der Waals surface area (Å²) in [6, 6.07) is 5.48. The van der Waals surface area contributed by atoms with Crippen LogP contribution >= 0.6 is 11.6 Å². The van der Waals surface area contributed by atoms with Crippen LogP contribution in [0.5, 0.6) is 0 Å². The Morgan fingerprint density at radius 3 is 2.69 bits per heavy atom. The first-order valence-corrected chi connectivity index (χ1v) is 6.10. The topological polar surface area (TPSA) is 12.0 Å². The van der Waals surface area contributed by atoms with E-state index in [0.29, 0.717) is 24.1 Å². The van der Waals surface area contributed by atoms with Crippen LogP contribution in [0.25, 0.3) is 0 Å². The van der Waals surface area contributed by atoms with Crippen LogP contribution in [0.2, 0.25) is 5.02 Å². The van der Waals surface area contributed by atoms with Crippen LogP contribution in [-0.2, 0) is 6.54 Å². The second-order valence-electron chi connectivity index (χ2n) is 4.27. The zero-order chi connectivity index (χ0) is 12.1. The van der Waals surface area contributed by atoms with Crippen molar-refractivity contribution in [2.24, 2.45) is 5.92 Å². The molecule has 2 atom stereocenters. The van der Waals surface area contributed by atoms with Crippen molar-refractivity contribution in [3.8, 4) is 0 Å². The Kier molecular flexibility index (Phi) is 5.23. The van der Waals surface area contributed by atoms with Gasteiger partial charge in [-0.25, -0.2) is 4.39 Å². The molecule has 90 valence electrons. The van der Waals surface area contributed by atoms with Gasteiger partial charge in [-0.3, -0.25) is 0 Å². The van der Waals surface area contributed by atoms with E-state index in [0.717, 1.165) is 6.42 Å². The molecule has 0 aromatic heterocycles. The third-order valence-electron chi connectivity index (χ3n) is 3.14. The molecule has 0 spiro atoms. The standard InChI is InChI=1S/C13H19ClFN/c1-4-9(2)10(3)16-8-11-6-5-7-12(14)13(11)15/h5-7,9-10,16H,4,8H2,1-3H3. The Morgan fingerprint density at radius 2 is 2.06 bits per heavy atom. The first kappa shape index (κ1) is 13.5. The first-order chi connectivity index (χ1) is 7.56. The Hall–Kier alpha value is -0.600. The summed E-state index contributed by atoms with van der Waals surface area (Å²) >= 11 is 5.72. The third kappa shape index (κ3) is 3.46. The van der Waals surface area contributed by atoms with Crippen LogP contribution in [0.15, 0.2) is 18.2 Å². The summed E-state index contributed by atoms with van der Waals surface area (Å²) < 4.78 is 13.6. The predicted molar refractivity (Wildman–Crippen MR) is 67.2 cm³/mol. The van der Waals surface area contributed by atoms with Crippen LogP contribution in [0.3, 0.4) is 0 Å². The van der Waals surface area contributed by atoms with Crippen molar-refractivity contribution >= 4 is 11.6 Å². The van der Waals surface area contributed by atoms with E-state index < -0.39 is 0 Å². The number of hydrogen-bond donors (Lipinski definition) is 1. The van der Waals surface area contributed by atoms with Gasteiger partial charge >= 0.3 is 0 Å². The predicted octanol–water partition coefficient (Wildman–Crippen LogP) is 4.00. The summed E-state index contributed by atoms with van der Waals surface area (Å²) in [6.07, 6.45) is 1.12. The summed E-state index contributed by atoms with van der Waals surface area (Å²) in [5, 5.41) is 3.51. The van der Waals surface area contributed by atoms with Gasteiger partial charge in [0.05, 0.1) is 5.02 Å². The normalized spacial score (nSPS) is 14.8. The van der Waals surface area contributed by atoms with Gasteiger partial charge in [0, 0.05) is 18.2 Å². The fraction of sp³-hybridized carbons (Fsp3) is 0.538. The fourth-order valence-corrected chi connectivity index (χ4v) is 1.70. The largest absolute Gasteiger partial charge is 0.310 e. The summed E-state index contributed by atoms with van der Waals surface area (Å²) in [5.41, 5.74) is 0.627. The molecule has 2 unspecified atom stereocenters. The highest BCUT2D eigenvalue weighted by Crippen LogP contribution is 2.18. The summed E-state index contributed by atoms with van der Waals surface area (Å²) in [6.45, 7) is 6.99. The monoisotopic (exact) mass is 243 g/mol. The quantitative estimate of drug-likeness (QED) is 0.824. The van der Waals surface area contributed by atoms with Crippen LogP contribution in [-0.4, -0.2) is 6.04 Å². The highest BCUT2D eigenvalue weighted by atomic mass is 35.5. The molecule has 0 aliphatic rings. The number of halogens is 2. The molecule has 1 N–H and O–H groups in total. The Bertz CT molecular complexity index is 341. The van der Waals surface area contributed by atoms with E-state index in [2.05, 4.69) is 26.1 Å². The van der Waals surface area contributed by atoms with Crippen molar-refractivity contribution in [1.82, 2.24) is 5.32 Å². The highest BCUT2D eigenvalue weighted by molar-refractivity contribution is 6.30. The van der Waals surface area contributed by atoms with Gasteiger partial charge in [0.25, 0.3) is 0 Å². The van der Waals surface area contributed by atoms with Gasteiger partial charge in [-0.05, 0) is 18.9 Å². The number of nitrogens with one attached hydrogen (secondary N) is 1.